The second kappa shape index (κ2) is 10.2. The molecule has 2 aromatic carbocycles. The van der Waals surface area contributed by atoms with Crippen LogP contribution in [0.5, 0.6) is 11.5 Å². The zero-order valence-electron chi connectivity index (χ0n) is 17.0. The lowest BCUT2D eigenvalue weighted by Gasteiger charge is -2.15. The maximum Gasteiger partial charge on any atom is 0.304 e. The summed E-state index contributed by atoms with van der Waals surface area (Å²) >= 11 is 1.26. The molecule has 30 heavy (non-hydrogen) atoms. The summed E-state index contributed by atoms with van der Waals surface area (Å²) in [5.74, 6) is 0.722. The number of thioether (sulfide) groups is 1. The number of carbonyl (C=O) groups is 1. The largest absolute Gasteiger partial charge is 0.490 e. The van der Waals surface area contributed by atoms with Crippen molar-refractivity contribution in [2.24, 2.45) is 0 Å². The minimum Gasteiger partial charge on any atom is -0.490 e. The third kappa shape index (κ3) is 5.13. The highest BCUT2D eigenvalue weighted by molar-refractivity contribution is 7.99. The smallest absolute Gasteiger partial charge is 0.304 e. The molecule has 0 aliphatic heterocycles. The Balaban J connectivity index is 2.01. The van der Waals surface area contributed by atoms with Crippen LogP contribution in [0.1, 0.15) is 25.8 Å². The van der Waals surface area contributed by atoms with Crippen LogP contribution in [0.15, 0.2) is 52.4 Å². The second-order valence-corrected chi connectivity index (χ2v) is 7.50. The Kier molecular flexibility index (Phi) is 7.35. The van der Waals surface area contributed by atoms with E-state index in [9.17, 15) is 9.59 Å². The van der Waals surface area contributed by atoms with Crippen LogP contribution in [0.2, 0.25) is 0 Å². The summed E-state index contributed by atoms with van der Waals surface area (Å²) in [4.78, 5) is 28.7. The van der Waals surface area contributed by atoms with Crippen molar-refractivity contribution in [2.75, 3.05) is 19.0 Å². The molecule has 0 amide bonds. The number of benzene rings is 2. The van der Waals surface area contributed by atoms with Gasteiger partial charge in [-0.2, -0.15) is 0 Å². The van der Waals surface area contributed by atoms with Crippen molar-refractivity contribution < 1.29 is 19.4 Å². The average Bonchev–Trinajstić information content (AvgIpc) is 2.72. The molecule has 0 atom stereocenters. The first-order valence-electron chi connectivity index (χ1n) is 9.76. The average molecular weight is 429 g/mol. The molecule has 8 heteroatoms. The topological polar surface area (TPSA) is 90.6 Å². The van der Waals surface area contributed by atoms with Crippen molar-refractivity contribution in [3.8, 4) is 11.5 Å². The number of nitrogens with zero attached hydrogens (tertiary/aromatic N) is 2. The zero-order chi connectivity index (χ0) is 21.5. The molecule has 0 saturated heterocycles. The van der Waals surface area contributed by atoms with Gasteiger partial charge in [0.05, 0.1) is 37.1 Å². The van der Waals surface area contributed by atoms with Crippen LogP contribution >= 0.6 is 11.8 Å². The van der Waals surface area contributed by atoms with Gasteiger partial charge in [-0.05, 0) is 43.7 Å². The fourth-order valence-electron chi connectivity index (χ4n) is 3.00. The standard InChI is InChI=1S/C22H24N2O5S/c1-3-28-18-10-9-15(13-19(18)29-4-2)14-24-21(27)16-7-5-6-8-17(16)23-22(24)30-12-11-20(25)26/h5-10,13H,3-4,11-12,14H2,1-2H3,(H,25,26). The van der Waals surface area contributed by atoms with Gasteiger partial charge in [0.15, 0.2) is 16.7 Å². The molecular weight excluding hydrogens is 404 g/mol. The Bertz CT molecular complexity index is 1100. The normalized spacial score (nSPS) is 10.9. The molecule has 0 aliphatic rings. The zero-order valence-corrected chi connectivity index (χ0v) is 17.8. The summed E-state index contributed by atoms with van der Waals surface area (Å²) in [5, 5.41) is 9.96. The van der Waals surface area contributed by atoms with Gasteiger partial charge in [-0.25, -0.2) is 4.98 Å². The number of hydrogen-bond acceptors (Lipinski definition) is 6. The highest BCUT2D eigenvalue weighted by Gasteiger charge is 2.14. The molecule has 0 fully saturated rings. The van der Waals surface area contributed by atoms with E-state index in [2.05, 4.69) is 4.98 Å². The van der Waals surface area contributed by atoms with Crippen molar-refractivity contribution in [1.29, 1.82) is 0 Å². The van der Waals surface area contributed by atoms with Crippen LogP contribution in [0.4, 0.5) is 0 Å². The number of carboxylic acids is 1. The van der Waals surface area contributed by atoms with E-state index in [1.165, 1.54) is 11.8 Å². The number of ether oxygens (including phenoxy) is 2. The summed E-state index contributed by atoms with van der Waals surface area (Å²) in [6.07, 6.45) is -0.00902. The van der Waals surface area contributed by atoms with Gasteiger partial charge in [0, 0.05) is 5.75 Å². The van der Waals surface area contributed by atoms with Gasteiger partial charge in [0.2, 0.25) is 0 Å². The minimum absolute atomic E-state index is 0.00902. The first-order valence-corrected chi connectivity index (χ1v) is 10.7. The Labute approximate surface area is 178 Å². The molecule has 0 bridgehead atoms. The SMILES string of the molecule is CCOc1ccc(Cn2c(SCCC(=O)O)nc3ccccc3c2=O)cc1OCC. The third-order valence-electron chi connectivity index (χ3n) is 4.32. The Morgan fingerprint density at radius 1 is 1.10 bits per heavy atom. The van der Waals surface area contributed by atoms with Crippen molar-refractivity contribution in [3.63, 3.8) is 0 Å². The maximum absolute atomic E-state index is 13.2. The van der Waals surface area contributed by atoms with Gasteiger partial charge in [-0.3, -0.25) is 14.2 Å². The maximum atomic E-state index is 13.2. The lowest BCUT2D eigenvalue weighted by atomic mass is 10.2. The fourth-order valence-corrected chi connectivity index (χ4v) is 3.93. The molecule has 0 saturated carbocycles. The fraction of sp³-hybridized carbons (Fsp3) is 0.318. The monoisotopic (exact) mass is 428 g/mol. The third-order valence-corrected chi connectivity index (χ3v) is 5.30. The van der Waals surface area contributed by atoms with Crippen LogP contribution in [0.25, 0.3) is 10.9 Å². The summed E-state index contributed by atoms with van der Waals surface area (Å²) in [5.41, 5.74) is 1.30. The Morgan fingerprint density at radius 2 is 1.83 bits per heavy atom. The van der Waals surface area contributed by atoms with Gasteiger partial charge in [-0.15, -0.1) is 0 Å². The van der Waals surface area contributed by atoms with E-state index in [0.29, 0.717) is 53.1 Å². The van der Waals surface area contributed by atoms with Gasteiger partial charge in [0.1, 0.15) is 0 Å². The predicted octanol–water partition coefficient (Wildman–Crippen LogP) is 3.81. The van der Waals surface area contributed by atoms with Crippen molar-refractivity contribution in [1.82, 2.24) is 9.55 Å². The lowest BCUT2D eigenvalue weighted by molar-refractivity contribution is -0.136. The Hall–Kier alpha value is -3.00. The van der Waals surface area contributed by atoms with Gasteiger partial charge in [0.25, 0.3) is 5.56 Å². The minimum atomic E-state index is -0.884. The molecule has 0 unspecified atom stereocenters. The molecule has 3 rings (SSSR count). The number of para-hydroxylation sites is 1. The summed E-state index contributed by atoms with van der Waals surface area (Å²) < 4.78 is 12.9. The van der Waals surface area contributed by atoms with E-state index in [0.717, 1.165) is 5.56 Å². The highest BCUT2D eigenvalue weighted by Crippen LogP contribution is 2.29. The van der Waals surface area contributed by atoms with E-state index in [1.54, 1.807) is 22.8 Å². The van der Waals surface area contributed by atoms with Crippen molar-refractivity contribution in [3.05, 3.63) is 58.4 Å². The van der Waals surface area contributed by atoms with Gasteiger partial charge >= 0.3 is 5.97 Å². The van der Waals surface area contributed by atoms with E-state index in [-0.39, 0.29) is 12.0 Å². The van der Waals surface area contributed by atoms with Crippen molar-refractivity contribution >= 4 is 28.6 Å². The van der Waals surface area contributed by atoms with Crippen LogP contribution < -0.4 is 15.0 Å². The summed E-state index contributed by atoms with van der Waals surface area (Å²) in [6, 6.07) is 12.7. The first-order chi connectivity index (χ1) is 14.5. The molecular formula is C22H24N2O5S. The van der Waals surface area contributed by atoms with Gasteiger partial charge in [-0.1, -0.05) is 30.0 Å². The van der Waals surface area contributed by atoms with Crippen LogP contribution in [-0.2, 0) is 11.3 Å². The van der Waals surface area contributed by atoms with E-state index in [4.69, 9.17) is 14.6 Å². The molecule has 1 N–H and O–H groups in total. The van der Waals surface area contributed by atoms with E-state index >= 15 is 0 Å². The molecule has 0 radical (unpaired) electrons. The van der Waals surface area contributed by atoms with Crippen molar-refractivity contribution in [2.45, 2.75) is 32.0 Å². The van der Waals surface area contributed by atoms with Crippen LogP contribution in [0, 0.1) is 0 Å². The summed E-state index contributed by atoms with van der Waals surface area (Å²) in [7, 11) is 0. The number of rotatable bonds is 10. The summed E-state index contributed by atoms with van der Waals surface area (Å²) in [6.45, 7) is 5.12. The predicted molar refractivity (Wildman–Crippen MR) is 117 cm³/mol. The molecule has 0 spiro atoms. The van der Waals surface area contributed by atoms with Gasteiger partial charge < -0.3 is 14.6 Å². The van der Waals surface area contributed by atoms with Crippen LogP contribution in [0.3, 0.4) is 0 Å². The molecule has 7 nitrogen and oxygen atoms in total. The number of carboxylic acid groups (broad SMARTS) is 1. The molecule has 3 aromatic rings. The molecule has 1 aromatic heterocycles. The number of aromatic nitrogens is 2. The van der Waals surface area contributed by atoms with E-state index in [1.807, 2.05) is 38.1 Å². The number of aliphatic carboxylic acids is 1. The lowest BCUT2D eigenvalue weighted by Crippen LogP contribution is -2.24. The second-order valence-electron chi connectivity index (χ2n) is 6.44. The number of fused-ring (bicyclic) bond motifs is 1. The van der Waals surface area contributed by atoms with Crippen LogP contribution in [-0.4, -0.2) is 39.6 Å². The molecule has 158 valence electrons. The highest BCUT2D eigenvalue weighted by atomic mass is 32.2. The van der Waals surface area contributed by atoms with E-state index < -0.39 is 5.97 Å². The molecule has 0 aliphatic carbocycles. The number of hydrogen-bond donors (Lipinski definition) is 1. The quantitative estimate of drug-likeness (QED) is 0.388. The molecule has 1 heterocycles. The first kappa shape index (κ1) is 21.7. The Morgan fingerprint density at radius 3 is 2.57 bits per heavy atom.